The summed E-state index contributed by atoms with van der Waals surface area (Å²) in [5.74, 6) is -0.691. The Balaban J connectivity index is 2.06. The number of imide groups is 2. The van der Waals surface area contributed by atoms with Crippen molar-refractivity contribution >= 4 is 23.9 Å². The lowest BCUT2D eigenvalue weighted by Gasteiger charge is -2.22. The second-order valence-corrected chi connectivity index (χ2v) is 7.88. The molecule has 2 rings (SSSR count). The fourth-order valence-corrected chi connectivity index (χ4v) is 2.89. The summed E-state index contributed by atoms with van der Waals surface area (Å²) >= 11 is 0. The molecule has 8 nitrogen and oxygen atoms in total. The maximum Gasteiger partial charge on any atom is 0.325 e. The molecule has 1 aromatic rings. The van der Waals surface area contributed by atoms with E-state index < -0.39 is 36.0 Å². The molecule has 0 spiro atoms. The molecule has 152 valence electrons. The normalized spacial score (nSPS) is 19.2. The smallest absolute Gasteiger partial charge is 0.325 e. The Kier molecular flexibility index (Phi) is 6.43. The first kappa shape index (κ1) is 21.4. The molecule has 0 aliphatic carbocycles. The molecular weight excluding hydrogens is 360 g/mol. The lowest BCUT2D eigenvalue weighted by atomic mass is 9.90. The van der Waals surface area contributed by atoms with Gasteiger partial charge in [0, 0.05) is 6.54 Å². The number of hydrogen-bond acceptors (Lipinski definition) is 4. The van der Waals surface area contributed by atoms with Crippen LogP contribution in [0.5, 0.6) is 0 Å². The Morgan fingerprint density at radius 3 is 2.25 bits per heavy atom. The zero-order valence-electron chi connectivity index (χ0n) is 17.0. The number of hydrogen-bond donors (Lipinski definition) is 3. The molecule has 1 atom stereocenters. The van der Waals surface area contributed by atoms with Crippen LogP contribution in [0.3, 0.4) is 0 Å². The van der Waals surface area contributed by atoms with Crippen molar-refractivity contribution in [3.05, 3.63) is 35.4 Å². The number of rotatable bonds is 6. The third-order valence-corrected chi connectivity index (χ3v) is 4.66. The fourth-order valence-electron chi connectivity index (χ4n) is 2.89. The fraction of sp³-hybridized carbons (Fsp3) is 0.500. The van der Waals surface area contributed by atoms with E-state index in [1.807, 2.05) is 26.0 Å². The molecule has 1 aromatic carbocycles. The molecule has 1 heterocycles. The van der Waals surface area contributed by atoms with Crippen molar-refractivity contribution in [1.82, 2.24) is 20.9 Å². The number of nitrogens with zero attached hydrogens (tertiary/aromatic N) is 1. The summed E-state index contributed by atoms with van der Waals surface area (Å²) in [5.41, 5.74) is 0.493. The molecule has 0 saturated carbocycles. The van der Waals surface area contributed by atoms with Crippen LogP contribution in [-0.4, -0.2) is 41.9 Å². The first-order chi connectivity index (χ1) is 13.0. The van der Waals surface area contributed by atoms with Crippen molar-refractivity contribution in [2.75, 3.05) is 13.1 Å². The SMILES string of the molecule is CC(C)CNC(=O)NC(=O)CN1C(=O)NC(C)(c2ccc(C(C)C)cc2)C1=O. The second kappa shape index (κ2) is 8.41. The van der Waals surface area contributed by atoms with Crippen LogP contribution >= 0.6 is 0 Å². The Labute approximate surface area is 165 Å². The van der Waals surface area contributed by atoms with Crippen molar-refractivity contribution in [1.29, 1.82) is 0 Å². The number of benzene rings is 1. The molecule has 6 amide bonds. The maximum absolute atomic E-state index is 12.9. The number of carbonyl (C=O) groups is 4. The largest absolute Gasteiger partial charge is 0.338 e. The van der Waals surface area contributed by atoms with Crippen LogP contribution in [0, 0.1) is 5.92 Å². The Morgan fingerprint density at radius 2 is 1.71 bits per heavy atom. The number of urea groups is 2. The number of nitrogens with one attached hydrogen (secondary N) is 3. The van der Waals surface area contributed by atoms with Gasteiger partial charge in [-0.3, -0.25) is 19.8 Å². The van der Waals surface area contributed by atoms with Gasteiger partial charge in [0.25, 0.3) is 5.91 Å². The minimum Gasteiger partial charge on any atom is -0.338 e. The maximum atomic E-state index is 12.9. The third-order valence-electron chi connectivity index (χ3n) is 4.66. The predicted molar refractivity (Wildman–Crippen MR) is 105 cm³/mol. The minimum atomic E-state index is -1.26. The van der Waals surface area contributed by atoms with E-state index in [2.05, 4.69) is 29.8 Å². The van der Waals surface area contributed by atoms with Crippen molar-refractivity contribution in [2.45, 2.75) is 46.1 Å². The lowest BCUT2D eigenvalue weighted by Crippen LogP contribution is -2.47. The quantitative estimate of drug-likeness (QED) is 0.648. The second-order valence-electron chi connectivity index (χ2n) is 7.88. The summed E-state index contributed by atoms with van der Waals surface area (Å²) in [4.78, 5) is 49.7. The Morgan fingerprint density at radius 1 is 1.11 bits per heavy atom. The standard InChI is InChI=1S/C20H28N4O4/c1-12(2)10-21-18(27)22-16(25)11-24-17(26)20(5,23-19(24)28)15-8-6-14(7-9-15)13(3)4/h6-9,12-13H,10-11H2,1-5H3,(H,23,28)(H2,21,22,25,27). The van der Waals surface area contributed by atoms with E-state index >= 15 is 0 Å². The monoisotopic (exact) mass is 388 g/mol. The van der Waals surface area contributed by atoms with E-state index in [0.717, 1.165) is 10.5 Å². The lowest BCUT2D eigenvalue weighted by molar-refractivity contribution is -0.134. The highest BCUT2D eigenvalue weighted by atomic mass is 16.2. The van der Waals surface area contributed by atoms with Gasteiger partial charge in [0.15, 0.2) is 0 Å². The molecule has 0 bridgehead atoms. The molecule has 3 N–H and O–H groups in total. The van der Waals surface area contributed by atoms with Crippen LogP contribution in [-0.2, 0) is 15.1 Å². The van der Waals surface area contributed by atoms with Gasteiger partial charge in [0.2, 0.25) is 5.91 Å². The number of carbonyl (C=O) groups excluding carboxylic acids is 4. The summed E-state index contributed by atoms with van der Waals surface area (Å²) in [7, 11) is 0. The van der Waals surface area contributed by atoms with E-state index in [-0.39, 0.29) is 5.92 Å². The van der Waals surface area contributed by atoms with Crippen molar-refractivity contribution in [3.8, 4) is 0 Å². The molecule has 28 heavy (non-hydrogen) atoms. The number of amides is 6. The molecular formula is C20H28N4O4. The highest BCUT2D eigenvalue weighted by Crippen LogP contribution is 2.29. The Bertz CT molecular complexity index is 773. The van der Waals surface area contributed by atoms with E-state index in [1.54, 1.807) is 19.1 Å². The van der Waals surface area contributed by atoms with E-state index in [9.17, 15) is 19.2 Å². The van der Waals surface area contributed by atoms with E-state index in [0.29, 0.717) is 18.0 Å². The molecule has 1 aliphatic heterocycles. The van der Waals surface area contributed by atoms with Gasteiger partial charge in [-0.15, -0.1) is 0 Å². The van der Waals surface area contributed by atoms with Gasteiger partial charge in [0.05, 0.1) is 0 Å². The Hall–Kier alpha value is -2.90. The average Bonchev–Trinajstić information content (AvgIpc) is 2.84. The summed E-state index contributed by atoms with van der Waals surface area (Å²) in [6.45, 7) is 9.46. The molecule has 8 heteroatoms. The van der Waals surface area contributed by atoms with Crippen LogP contribution in [0.25, 0.3) is 0 Å². The highest BCUT2D eigenvalue weighted by molar-refractivity contribution is 6.10. The van der Waals surface area contributed by atoms with Crippen molar-refractivity contribution in [2.24, 2.45) is 5.92 Å². The van der Waals surface area contributed by atoms with Crippen molar-refractivity contribution < 1.29 is 19.2 Å². The van der Waals surface area contributed by atoms with Gasteiger partial charge in [0.1, 0.15) is 12.1 Å². The van der Waals surface area contributed by atoms with Crippen LogP contribution in [0.2, 0.25) is 0 Å². The summed E-state index contributed by atoms with van der Waals surface area (Å²) in [6.07, 6.45) is 0. The third kappa shape index (κ3) is 4.68. The van der Waals surface area contributed by atoms with Crippen LogP contribution < -0.4 is 16.0 Å². The van der Waals surface area contributed by atoms with Gasteiger partial charge in [-0.1, -0.05) is 52.0 Å². The molecule has 1 aliphatic rings. The average molecular weight is 388 g/mol. The minimum absolute atomic E-state index is 0.231. The predicted octanol–water partition coefficient (Wildman–Crippen LogP) is 2.06. The molecule has 1 unspecified atom stereocenters. The highest BCUT2D eigenvalue weighted by Gasteiger charge is 2.49. The van der Waals surface area contributed by atoms with Crippen molar-refractivity contribution in [3.63, 3.8) is 0 Å². The summed E-state index contributed by atoms with van der Waals surface area (Å²) in [5, 5.41) is 7.32. The molecule has 1 fully saturated rings. The first-order valence-electron chi connectivity index (χ1n) is 9.36. The topological polar surface area (TPSA) is 108 Å². The molecule has 0 radical (unpaired) electrons. The van der Waals surface area contributed by atoms with Gasteiger partial charge < -0.3 is 10.6 Å². The molecule has 0 aromatic heterocycles. The molecule has 1 saturated heterocycles. The van der Waals surface area contributed by atoms with Gasteiger partial charge in [-0.2, -0.15) is 0 Å². The zero-order chi connectivity index (χ0) is 21.1. The van der Waals surface area contributed by atoms with Gasteiger partial charge in [-0.25, -0.2) is 9.59 Å². The summed E-state index contributed by atoms with van der Waals surface area (Å²) < 4.78 is 0. The van der Waals surface area contributed by atoms with Gasteiger partial charge in [-0.05, 0) is 29.9 Å². The summed E-state index contributed by atoms with van der Waals surface area (Å²) in [6, 6.07) is 6.11. The van der Waals surface area contributed by atoms with E-state index in [4.69, 9.17) is 0 Å². The van der Waals surface area contributed by atoms with Crippen LogP contribution in [0.15, 0.2) is 24.3 Å². The van der Waals surface area contributed by atoms with Gasteiger partial charge >= 0.3 is 12.1 Å². The van der Waals surface area contributed by atoms with Crippen LogP contribution in [0.1, 0.15) is 51.7 Å². The van der Waals surface area contributed by atoms with E-state index in [1.165, 1.54) is 0 Å². The zero-order valence-corrected chi connectivity index (χ0v) is 17.0. The van der Waals surface area contributed by atoms with Crippen LogP contribution in [0.4, 0.5) is 9.59 Å². The first-order valence-corrected chi connectivity index (χ1v) is 9.36.